The van der Waals surface area contributed by atoms with Crippen LogP contribution in [0, 0.1) is 11.2 Å². The summed E-state index contributed by atoms with van der Waals surface area (Å²) in [6.45, 7) is 5.34. The standard InChI is InChI=1S/C13H20BrFN2O3S/c1-13(2,3)12(4-5-18)17-21(19,20)11-7-10(16)8(14)6-9(11)15/h6-7,12,17-18H,4-5,16H2,1-3H3. The van der Waals surface area contributed by atoms with Crippen LogP contribution in [-0.2, 0) is 10.0 Å². The lowest BCUT2D eigenvalue weighted by atomic mass is 9.86. The van der Waals surface area contributed by atoms with Crippen LogP contribution in [0.4, 0.5) is 10.1 Å². The zero-order valence-electron chi connectivity index (χ0n) is 12.2. The van der Waals surface area contributed by atoms with Crippen LogP contribution in [0.15, 0.2) is 21.5 Å². The molecule has 0 aliphatic carbocycles. The van der Waals surface area contributed by atoms with Crippen molar-refractivity contribution >= 4 is 31.6 Å². The first-order chi connectivity index (χ1) is 9.49. The monoisotopic (exact) mass is 382 g/mol. The Kier molecular flexibility index (Phi) is 5.76. The highest BCUT2D eigenvalue weighted by molar-refractivity contribution is 9.10. The maximum atomic E-state index is 13.9. The van der Waals surface area contributed by atoms with E-state index in [1.165, 1.54) is 0 Å². The van der Waals surface area contributed by atoms with E-state index < -0.39 is 32.2 Å². The van der Waals surface area contributed by atoms with Gasteiger partial charge in [0, 0.05) is 22.8 Å². The predicted octanol–water partition coefficient (Wildman–Crippen LogP) is 2.25. The van der Waals surface area contributed by atoms with Gasteiger partial charge in [-0.3, -0.25) is 0 Å². The third-order valence-corrected chi connectivity index (χ3v) is 5.27. The fourth-order valence-corrected chi connectivity index (χ4v) is 3.69. The van der Waals surface area contributed by atoms with Crippen LogP contribution in [0.25, 0.3) is 0 Å². The van der Waals surface area contributed by atoms with E-state index in [0.29, 0.717) is 4.47 Å². The van der Waals surface area contributed by atoms with Crippen molar-refractivity contribution in [1.29, 1.82) is 0 Å². The summed E-state index contributed by atoms with van der Waals surface area (Å²) in [7, 11) is -4.07. The second-order valence-electron chi connectivity index (χ2n) is 5.86. The van der Waals surface area contributed by atoms with Crippen LogP contribution >= 0.6 is 15.9 Å². The fraction of sp³-hybridized carbons (Fsp3) is 0.538. The van der Waals surface area contributed by atoms with Crippen LogP contribution < -0.4 is 10.5 Å². The Hall–Kier alpha value is -0.700. The molecule has 1 aromatic rings. The minimum Gasteiger partial charge on any atom is -0.398 e. The topological polar surface area (TPSA) is 92.4 Å². The molecule has 4 N–H and O–H groups in total. The van der Waals surface area contributed by atoms with Gasteiger partial charge in [0.2, 0.25) is 10.0 Å². The van der Waals surface area contributed by atoms with Crippen LogP contribution in [0.5, 0.6) is 0 Å². The Morgan fingerprint density at radius 3 is 2.48 bits per heavy atom. The quantitative estimate of drug-likeness (QED) is 0.680. The second kappa shape index (κ2) is 6.60. The number of halogens is 2. The van der Waals surface area contributed by atoms with Crippen molar-refractivity contribution in [3.05, 3.63) is 22.4 Å². The largest absolute Gasteiger partial charge is 0.398 e. The number of aliphatic hydroxyl groups is 1. The van der Waals surface area contributed by atoms with E-state index in [2.05, 4.69) is 20.7 Å². The summed E-state index contributed by atoms with van der Waals surface area (Å²) in [5.41, 5.74) is 5.32. The van der Waals surface area contributed by atoms with E-state index in [1.807, 2.05) is 20.8 Å². The van der Waals surface area contributed by atoms with Crippen molar-refractivity contribution in [3.63, 3.8) is 0 Å². The van der Waals surface area contributed by atoms with Crippen LogP contribution in [0.1, 0.15) is 27.2 Å². The maximum absolute atomic E-state index is 13.9. The molecule has 0 aliphatic heterocycles. The molecule has 0 bridgehead atoms. The summed E-state index contributed by atoms with van der Waals surface area (Å²) in [6, 6.07) is 1.55. The third kappa shape index (κ3) is 4.64. The Morgan fingerprint density at radius 1 is 1.43 bits per heavy atom. The zero-order valence-corrected chi connectivity index (χ0v) is 14.6. The summed E-state index contributed by atoms with van der Waals surface area (Å²) in [6.07, 6.45) is 0.232. The molecule has 0 aromatic heterocycles. The van der Waals surface area contributed by atoms with Gasteiger partial charge in [0.25, 0.3) is 0 Å². The van der Waals surface area contributed by atoms with Crippen molar-refractivity contribution in [1.82, 2.24) is 4.72 Å². The molecule has 0 saturated carbocycles. The summed E-state index contributed by atoms with van der Waals surface area (Å²) in [5, 5.41) is 9.07. The smallest absolute Gasteiger partial charge is 0.243 e. The van der Waals surface area contributed by atoms with Crippen molar-refractivity contribution in [2.24, 2.45) is 5.41 Å². The van der Waals surface area contributed by atoms with Gasteiger partial charge in [0.15, 0.2) is 0 Å². The Balaban J connectivity index is 3.20. The molecule has 1 aromatic carbocycles. The Bertz CT molecular complexity index is 615. The Morgan fingerprint density at radius 2 is 2.00 bits per heavy atom. The van der Waals surface area contributed by atoms with E-state index in [-0.39, 0.29) is 18.7 Å². The lowest BCUT2D eigenvalue weighted by Gasteiger charge is -2.30. The summed E-state index contributed by atoms with van der Waals surface area (Å²) >= 11 is 3.04. The van der Waals surface area contributed by atoms with Gasteiger partial charge in [-0.2, -0.15) is 0 Å². The van der Waals surface area contributed by atoms with Crippen LogP contribution in [0.2, 0.25) is 0 Å². The number of hydrogen-bond acceptors (Lipinski definition) is 4. The number of nitrogens with one attached hydrogen (secondary N) is 1. The first kappa shape index (κ1) is 18.3. The predicted molar refractivity (Wildman–Crippen MR) is 83.8 cm³/mol. The highest BCUT2D eigenvalue weighted by Gasteiger charge is 2.30. The fourth-order valence-electron chi connectivity index (χ4n) is 1.80. The van der Waals surface area contributed by atoms with Crippen molar-refractivity contribution in [3.8, 4) is 0 Å². The van der Waals surface area contributed by atoms with Gasteiger partial charge in [-0.05, 0) is 39.9 Å². The maximum Gasteiger partial charge on any atom is 0.243 e. The van der Waals surface area contributed by atoms with Gasteiger partial charge >= 0.3 is 0 Å². The molecule has 0 radical (unpaired) electrons. The summed E-state index contributed by atoms with van der Waals surface area (Å²) in [5.74, 6) is -0.889. The number of anilines is 1. The summed E-state index contributed by atoms with van der Waals surface area (Å²) in [4.78, 5) is -0.504. The summed E-state index contributed by atoms with van der Waals surface area (Å²) < 4.78 is 41.3. The third-order valence-electron chi connectivity index (χ3n) is 3.10. The first-order valence-corrected chi connectivity index (χ1v) is 8.64. The average Bonchev–Trinajstić information content (AvgIpc) is 2.31. The second-order valence-corrected chi connectivity index (χ2v) is 8.39. The molecule has 1 unspecified atom stereocenters. The van der Waals surface area contributed by atoms with Crippen LogP contribution in [-0.4, -0.2) is 26.2 Å². The minimum atomic E-state index is -4.07. The normalized spacial score (nSPS) is 14.2. The molecule has 0 heterocycles. The zero-order chi connectivity index (χ0) is 16.4. The number of benzene rings is 1. The molecule has 120 valence electrons. The number of nitrogen functional groups attached to an aromatic ring is 1. The number of nitrogens with two attached hydrogens (primary N) is 1. The van der Waals surface area contributed by atoms with E-state index in [1.54, 1.807) is 0 Å². The Labute approximate surface area is 132 Å². The van der Waals surface area contributed by atoms with E-state index in [9.17, 15) is 12.8 Å². The average molecular weight is 383 g/mol. The van der Waals surface area contributed by atoms with E-state index >= 15 is 0 Å². The van der Waals surface area contributed by atoms with Gasteiger partial charge in [-0.1, -0.05) is 20.8 Å². The highest BCUT2D eigenvalue weighted by Crippen LogP contribution is 2.28. The lowest BCUT2D eigenvalue weighted by Crippen LogP contribution is -2.44. The molecule has 0 aliphatic rings. The number of aliphatic hydroxyl groups excluding tert-OH is 1. The number of rotatable bonds is 5. The molecule has 1 rings (SSSR count). The molecule has 0 saturated heterocycles. The molecule has 5 nitrogen and oxygen atoms in total. The molecular weight excluding hydrogens is 363 g/mol. The molecule has 0 fully saturated rings. The highest BCUT2D eigenvalue weighted by atomic mass is 79.9. The first-order valence-electron chi connectivity index (χ1n) is 6.36. The van der Waals surface area contributed by atoms with Gasteiger partial charge in [0.05, 0.1) is 0 Å². The minimum absolute atomic E-state index is 0.131. The van der Waals surface area contributed by atoms with Gasteiger partial charge in [-0.25, -0.2) is 17.5 Å². The molecular formula is C13H20BrFN2O3S. The molecule has 21 heavy (non-hydrogen) atoms. The molecule has 0 amide bonds. The van der Waals surface area contributed by atoms with Crippen molar-refractivity contribution < 1.29 is 17.9 Å². The van der Waals surface area contributed by atoms with E-state index in [0.717, 1.165) is 12.1 Å². The number of sulfonamides is 1. The van der Waals surface area contributed by atoms with Gasteiger partial charge in [0.1, 0.15) is 10.7 Å². The number of hydrogen-bond donors (Lipinski definition) is 3. The van der Waals surface area contributed by atoms with Gasteiger partial charge in [-0.15, -0.1) is 0 Å². The SMILES string of the molecule is CC(C)(C)C(CCO)NS(=O)(=O)c1cc(N)c(Br)cc1F. The molecule has 0 spiro atoms. The van der Waals surface area contributed by atoms with E-state index in [4.69, 9.17) is 10.8 Å². The lowest BCUT2D eigenvalue weighted by molar-refractivity contribution is 0.214. The van der Waals surface area contributed by atoms with Crippen molar-refractivity contribution in [2.45, 2.75) is 38.1 Å². The van der Waals surface area contributed by atoms with Crippen molar-refractivity contribution in [2.75, 3.05) is 12.3 Å². The molecule has 1 atom stereocenters. The van der Waals surface area contributed by atoms with Gasteiger partial charge < -0.3 is 10.8 Å². The van der Waals surface area contributed by atoms with Crippen LogP contribution in [0.3, 0.4) is 0 Å². The molecule has 8 heteroatoms.